The first-order chi connectivity index (χ1) is 17.8. The van der Waals surface area contributed by atoms with Crippen LogP contribution in [0.4, 0.5) is 24.5 Å². The Morgan fingerprint density at radius 3 is 2.08 bits per heavy atom. The molecule has 0 radical (unpaired) electrons. The Kier molecular flexibility index (Phi) is 7.67. The summed E-state index contributed by atoms with van der Waals surface area (Å²) in [5.41, 5.74) is 0.339. The summed E-state index contributed by atoms with van der Waals surface area (Å²) in [5, 5.41) is 6.86. The van der Waals surface area contributed by atoms with Gasteiger partial charge >= 0.3 is 0 Å². The molecule has 0 heterocycles. The van der Waals surface area contributed by atoms with E-state index in [0.29, 0.717) is 10.7 Å². The van der Waals surface area contributed by atoms with Crippen molar-refractivity contribution in [2.45, 2.75) is 45.4 Å². The van der Waals surface area contributed by atoms with E-state index in [0.717, 1.165) is 23.3 Å². The second-order valence-corrected chi connectivity index (χ2v) is 10.4. The van der Waals surface area contributed by atoms with Gasteiger partial charge in [-0.2, -0.15) is 0 Å². The first-order valence-corrected chi connectivity index (χ1v) is 12.3. The quantitative estimate of drug-likeness (QED) is 0.191. The maximum absolute atomic E-state index is 13.9. The molecule has 0 bridgehead atoms. The fraction of sp³-hybridized carbons (Fsp3) is 0.241. The third-order valence-electron chi connectivity index (χ3n) is 5.89. The van der Waals surface area contributed by atoms with E-state index < -0.39 is 46.0 Å². The van der Waals surface area contributed by atoms with E-state index in [1.165, 1.54) is 0 Å². The highest BCUT2D eigenvalue weighted by atomic mass is 35.5. The Bertz CT molecular complexity index is 1520. The molecule has 38 heavy (non-hydrogen) atoms. The zero-order valence-corrected chi connectivity index (χ0v) is 21.9. The summed E-state index contributed by atoms with van der Waals surface area (Å²) in [6, 6.07) is 15.0. The van der Waals surface area contributed by atoms with Gasteiger partial charge in [0.25, 0.3) is 10.9 Å². The highest BCUT2D eigenvalue weighted by Gasteiger charge is 2.27. The molecule has 4 aromatic carbocycles. The van der Waals surface area contributed by atoms with E-state index >= 15 is 0 Å². The summed E-state index contributed by atoms with van der Waals surface area (Å²) in [6.45, 7) is 7.03. The molecule has 2 atom stereocenters. The molecule has 0 fully saturated rings. The van der Waals surface area contributed by atoms with Crippen LogP contribution in [0.2, 0.25) is 5.02 Å². The van der Waals surface area contributed by atoms with Crippen molar-refractivity contribution in [1.29, 1.82) is 0 Å². The lowest BCUT2D eigenvalue weighted by Gasteiger charge is -2.26. The second-order valence-electron chi connectivity index (χ2n) is 10.00. The molecule has 2 N–H and O–H groups in total. The minimum absolute atomic E-state index is 0.0192. The first kappa shape index (κ1) is 27.4. The predicted octanol–water partition coefficient (Wildman–Crippen LogP) is 6.71. The van der Waals surface area contributed by atoms with E-state index in [1.54, 1.807) is 58.0 Å². The lowest BCUT2D eigenvalue weighted by atomic mass is 9.96. The monoisotopic (exact) mass is 542 g/mol. The molecular weight excluding hydrogens is 517 g/mol. The number of hydrogen-bond donors (Lipinski definition) is 2. The Morgan fingerprint density at radius 2 is 1.47 bits per heavy atom. The van der Waals surface area contributed by atoms with Crippen LogP contribution in [0.1, 0.15) is 56.5 Å². The van der Waals surface area contributed by atoms with Crippen LogP contribution in [0.15, 0.2) is 70.3 Å². The molecule has 9 heteroatoms. The average Bonchev–Trinajstić information content (AvgIpc) is 2.87. The highest BCUT2D eigenvalue weighted by molar-refractivity contribution is 6.30. The van der Waals surface area contributed by atoms with E-state index in [2.05, 4.69) is 10.6 Å². The summed E-state index contributed by atoms with van der Waals surface area (Å²) >= 11 is 6.08. The number of nitrogens with one attached hydrogen (secondary N) is 2. The predicted molar refractivity (Wildman–Crippen MR) is 143 cm³/mol. The third-order valence-corrected chi connectivity index (χ3v) is 6.14. The van der Waals surface area contributed by atoms with Crippen molar-refractivity contribution >= 4 is 23.0 Å². The van der Waals surface area contributed by atoms with Crippen LogP contribution >= 0.6 is 11.6 Å². The average molecular weight is 543 g/mol. The van der Waals surface area contributed by atoms with Crippen LogP contribution in [-0.2, 0) is 0 Å². The van der Waals surface area contributed by atoms with Gasteiger partial charge in [-0.3, -0.25) is 14.9 Å². The molecule has 0 amide bonds. The van der Waals surface area contributed by atoms with Crippen LogP contribution in [0, 0.1) is 17.5 Å². The van der Waals surface area contributed by atoms with Gasteiger partial charge in [0.15, 0.2) is 23.2 Å². The van der Waals surface area contributed by atoms with Gasteiger partial charge in [-0.25, -0.2) is 13.2 Å². The first-order valence-electron chi connectivity index (χ1n) is 11.9. The number of rotatable bonds is 8. The standard InChI is InChI=1S/C29H26ClF3N2O3/c1-15(18-13-21(31)23(33)22(32)14-18)34-24(16-8-10-19(30)11-9-16)17-6-5-7-20(12-17)35-25-26(36)27(37)28(25)38-29(2,3)4/h5-15,24,34-35H,1-4H3/t15-,24?/m1/s1. The molecule has 4 rings (SSSR count). The molecule has 0 saturated carbocycles. The van der Waals surface area contributed by atoms with Crippen LogP contribution in [0.25, 0.3) is 0 Å². The number of benzene rings is 3. The van der Waals surface area contributed by atoms with E-state index in [1.807, 2.05) is 18.2 Å². The zero-order chi connectivity index (χ0) is 27.8. The summed E-state index contributed by atoms with van der Waals surface area (Å²) in [6.07, 6.45) is 0. The molecule has 198 valence electrons. The highest BCUT2D eigenvalue weighted by Crippen LogP contribution is 2.31. The van der Waals surface area contributed by atoms with Crippen molar-refractivity contribution in [3.8, 4) is 5.75 Å². The summed E-state index contributed by atoms with van der Waals surface area (Å²) in [5.74, 6) is -4.09. The van der Waals surface area contributed by atoms with Gasteiger partial charge in [0.1, 0.15) is 11.3 Å². The Morgan fingerprint density at radius 1 is 0.842 bits per heavy atom. The number of hydrogen-bond acceptors (Lipinski definition) is 5. The van der Waals surface area contributed by atoms with Crippen LogP contribution in [-0.4, -0.2) is 5.60 Å². The van der Waals surface area contributed by atoms with Gasteiger partial charge in [0, 0.05) is 16.8 Å². The van der Waals surface area contributed by atoms with Crippen molar-refractivity contribution in [3.05, 3.63) is 120 Å². The molecule has 0 saturated heterocycles. The largest absolute Gasteiger partial charge is 0.482 e. The van der Waals surface area contributed by atoms with E-state index in [4.69, 9.17) is 16.3 Å². The van der Waals surface area contributed by atoms with Crippen molar-refractivity contribution in [1.82, 2.24) is 5.32 Å². The normalized spacial score (nSPS) is 13.4. The van der Waals surface area contributed by atoms with Crippen LogP contribution in [0.5, 0.6) is 5.75 Å². The second kappa shape index (κ2) is 10.6. The summed E-state index contributed by atoms with van der Waals surface area (Å²) in [4.78, 5) is 24.3. The molecular formula is C29H26ClF3N2O3. The zero-order valence-electron chi connectivity index (χ0n) is 21.2. The van der Waals surface area contributed by atoms with E-state index in [9.17, 15) is 22.8 Å². The molecule has 1 unspecified atom stereocenters. The van der Waals surface area contributed by atoms with Crippen LogP contribution in [0.3, 0.4) is 0 Å². The van der Waals surface area contributed by atoms with Crippen LogP contribution < -0.4 is 26.2 Å². The molecule has 0 spiro atoms. The fourth-order valence-electron chi connectivity index (χ4n) is 4.04. The van der Waals surface area contributed by atoms with Crippen molar-refractivity contribution in [2.75, 3.05) is 5.32 Å². The smallest absolute Gasteiger partial charge is 0.272 e. The summed E-state index contributed by atoms with van der Waals surface area (Å²) < 4.78 is 47.0. The summed E-state index contributed by atoms with van der Waals surface area (Å²) in [7, 11) is 0. The Hall–Kier alpha value is -3.62. The Labute approximate surface area is 222 Å². The van der Waals surface area contributed by atoms with Crippen molar-refractivity contribution in [2.24, 2.45) is 0 Å². The van der Waals surface area contributed by atoms with Gasteiger partial charge in [-0.15, -0.1) is 0 Å². The van der Waals surface area contributed by atoms with Gasteiger partial charge in [-0.1, -0.05) is 35.9 Å². The fourth-order valence-corrected chi connectivity index (χ4v) is 4.17. The SMILES string of the molecule is C[C@@H](NC(c1ccc(Cl)cc1)c1cccc(Nc2c(OC(C)(C)C)c(=O)c2=O)c1)c1cc(F)c(F)c(F)c1. The lowest BCUT2D eigenvalue weighted by molar-refractivity contribution is 0.128. The minimum Gasteiger partial charge on any atom is -0.482 e. The maximum atomic E-state index is 13.9. The topological polar surface area (TPSA) is 67.4 Å². The van der Waals surface area contributed by atoms with Crippen molar-refractivity contribution < 1.29 is 17.9 Å². The number of halogens is 4. The maximum Gasteiger partial charge on any atom is 0.272 e. The molecule has 0 aromatic heterocycles. The molecule has 4 aromatic rings. The third kappa shape index (κ3) is 5.92. The van der Waals surface area contributed by atoms with Gasteiger partial charge in [0.2, 0.25) is 0 Å². The lowest BCUT2D eigenvalue weighted by Crippen LogP contribution is -2.39. The minimum atomic E-state index is -1.53. The van der Waals surface area contributed by atoms with Gasteiger partial charge < -0.3 is 10.1 Å². The molecule has 0 aliphatic heterocycles. The van der Waals surface area contributed by atoms with Gasteiger partial charge in [-0.05, 0) is 80.8 Å². The molecule has 0 aliphatic carbocycles. The van der Waals surface area contributed by atoms with E-state index in [-0.39, 0.29) is 17.0 Å². The molecule has 0 aliphatic rings. The Balaban J connectivity index is 1.68. The van der Waals surface area contributed by atoms with Crippen molar-refractivity contribution in [3.63, 3.8) is 0 Å². The van der Waals surface area contributed by atoms with Gasteiger partial charge in [0.05, 0.1) is 6.04 Å². The molecule has 5 nitrogen and oxygen atoms in total. The number of anilines is 2. The number of ether oxygens (including phenoxy) is 1.